The summed E-state index contributed by atoms with van der Waals surface area (Å²) in [4.78, 5) is 28.3. The average molecular weight is 452 g/mol. The summed E-state index contributed by atoms with van der Waals surface area (Å²) in [6.45, 7) is 1.60. The second-order valence-electron chi connectivity index (χ2n) is 6.85. The molecule has 0 bridgehead atoms. The Bertz CT molecular complexity index is 1070. The molecule has 0 aliphatic carbocycles. The van der Waals surface area contributed by atoms with Gasteiger partial charge in [0.15, 0.2) is 11.6 Å². The first-order chi connectivity index (χ1) is 14.2. The lowest BCUT2D eigenvalue weighted by Crippen LogP contribution is -2.41. The molecule has 1 aliphatic heterocycles. The molecule has 10 nitrogen and oxygen atoms in total. The van der Waals surface area contributed by atoms with Gasteiger partial charge in [0.25, 0.3) is 15.9 Å². The highest BCUT2D eigenvalue weighted by molar-refractivity contribution is 7.89. The number of amides is 1. The van der Waals surface area contributed by atoms with E-state index in [1.807, 2.05) is 6.07 Å². The Balaban J connectivity index is 1.49. The highest BCUT2D eigenvalue weighted by Gasteiger charge is 2.34. The minimum absolute atomic E-state index is 0.00878. The van der Waals surface area contributed by atoms with Crippen LogP contribution in [-0.4, -0.2) is 53.8 Å². The average Bonchev–Trinajstić information content (AvgIpc) is 3.32. The molecule has 160 valence electrons. The number of sulfonamides is 1. The van der Waals surface area contributed by atoms with E-state index >= 15 is 0 Å². The van der Waals surface area contributed by atoms with E-state index in [-0.39, 0.29) is 18.1 Å². The van der Waals surface area contributed by atoms with E-state index in [9.17, 15) is 18.0 Å². The second kappa shape index (κ2) is 8.95. The zero-order valence-electron chi connectivity index (χ0n) is 16.5. The summed E-state index contributed by atoms with van der Waals surface area (Å²) in [7, 11) is -1.99. The standard InChI is InChI=1S/C18H21N5O5S2/c1-12-20-16(10-22(12)2)30(26,27)23-6-3-13(4-7-23)18(25)28-11-15(24)21-17-14(9-19)5-8-29-17/h5,8,10,13H,3-4,6-7,11H2,1-2H3,(H,21,24). The first kappa shape index (κ1) is 21.9. The molecule has 3 heterocycles. The van der Waals surface area contributed by atoms with Gasteiger partial charge >= 0.3 is 5.97 Å². The number of aryl methyl sites for hydroxylation is 2. The molecule has 0 spiro atoms. The topological polar surface area (TPSA) is 134 Å². The lowest BCUT2D eigenvalue weighted by molar-refractivity contribution is -0.152. The van der Waals surface area contributed by atoms with Crippen molar-refractivity contribution in [2.75, 3.05) is 25.0 Å². The van der Waals surface area contributed by atoms with Gasteiger partial charge in [-0.25, -0.2) is 13.4 Å². The third kappa shape index (κ3) is 4.69. The fourth-order valence-corrected chi connectivity index (χ4v) is 5.27. The Morgan fingerprint density at radius 1 is 1.40 bits per heavy atom. The molecular weight excluding hydrogens is 430 g/mol. The first-order valence-corrected chi connectivity index (χ1v) is 11.5. The smallest absolute Gasteiger partial charge is 0.309 e. The van der Waals surface area contributed by atoms with Crippen molar-refractivity contribution in [1.29, 1.82) is 5.26 Å². The van der Waals surface area contributed by atoms with Gasteiger partial charge in [0.1, 0.15) is 16.9 Å². The number of hydrogen-bond acceptors (Lipinski definition) is 8. The minimum Gasteiger partial charge on any atom is -0.455 e. The summed E-state index contributed by atoms with van der Waals surface area (Å²) >= 11 is 1.20. The quantitative estimate of drug-likeness (QED) is 0.653. The van der Waals surface area contributed by atoms with Gasteiger partial charge in [-0.15, -0.1) is 11.3 Å². The predicted octanol–water partition coefficient (Wildman–Crippen LogP) is 1.24. The maximum atomic E-state index is 12.7. The Morgan fingerprint density at radius 3 is 2.70 bits per heavy atom. The summed E-state index contributed by atoms with van der Waals surface area (Å²) < 4.78 is 33.4. The van der Waals surface area contributed by atoms with Gasteiger partial charge in [0.05, 0.1) is 11.5 Å². The zero-order chi connectivity index (χ0) is 21.9. The van der Waals surface area contributed by atoms with Crippen molar-refractivity contribution in [3.8, 4) is 6.07 Å². The molecule has 0 radical (unpaired) electrons. The van der Waals surface area contributed by atoms with Crippen LogP contribution in [0.4, 0.5) is 5.00 Å². The Morgan fingerprint density at radius 2 is 2.10 bits per heavy atom. The summed E-state index contributed by atoms with van der Waals surface area (Å²) in [6.07, 6.45) is 2.07. The number of aromatic nitrogens is 2. The van der Waals surface area contributed by atoms with Gasteiger partial charge in [-0.2, -0.15) is 9.57 Å². The van der Waals surface area contributed by atoms with Crippen LogP contribution in [0.25, 0.3) is 0 Å². The normalized spacial score (nSPS) is 15.5. The van der Waals surface area contributed by atoms with Crippen LogP contribution in [0.5, 0.6) is 0 Å². The van der Waals surface area contributed by atoms with E-state index in [2.05, 4.69) is 10.3 Å². The summed E-state index contributed by atoms with van der Waals surface area (Å²) in [5, 5.41) is 13.5. The molecule has 1 amide bonds. The van der Waals surface area contributed by atoms with E-state index in [0.717, 1.165) is 0 Å². The van der Waals surface area contributed by atoms with Crippen molar-refractivity contribution in [3.05, 3.63) is 29.0 Å². The van der Waals surface area contributed by atoms with Crippen molar-refractivity contribution in [2.24, 2.45) is 13.0 Å². The zero-order valence-corrected chi connectivity index (χ0v) is 18.1. The van der Waals surface area contributed by atoms with Crippen molar-refractivity contribution in [1.82, 2.24) is 13.9 Å². The first-order valence-electron chi connectivity index (χ1n) is 9.16. The molecular formula is C18H21N5O5S2. The van der Waals surface area contributed by atoms with Crippen LogP contribution in [0.15, 0.2) is 22.7 Å². The number of ether oxygens (including phenoxy) is 1. The molecule has 30 heavy (non-hydrogen) atoms. The monoisotopic (exact) mass is 451 g/mol. The van der Waals surface area contributed by atoms with Crippen molar-refractivity contribution in [3.63, 3.8) is 0 Å². The Hall–Kier alpha value is -2.75. The van der Waals surface area contributed by atoms with Gasteiger partial charge < -0.3 is 14.6 Å². The number of thiophene rings is 1. The SMILES string of the molecule is Cc1nc(S(=O)(=O)N2CCC(C(=O)OCC(=O)Nc3sccc3C#N)CC2)cn1C. The number of piperidine rings is 1. The van der Waals surface area contributed by atoms with Crippen LogP contribution >= 0.6 is 11.3 Å². The number of nitrogens with one attached hydrogen (secondary N) is 1. The van der Waals surface area contributed by atoms with Crippen LogP contribution in [0.1, 0.15) is 24.2 Å². The van der Waals surface area contributed by atoms with Crippen LogP contribution in [0.2, 0.25) is 0 Å². The van der Waals surface area contributed by atoms with E-state index in [4.69, 9.17) is 10.00 Å². The molecule has 0 unspecified atom stereocenters. The van der Waals surface area contributed by atoms with Gasteiger partial charge in [-0.1, -0.05) is 0 Å². The molecule has 2 aromatic heterocycles. The number of carbonyl (C=O) groups excluding carboxylic acids is 2. The second-order valence-corrected chi connectivity index (χ2v) is 9.65. The van der Waals surface area contributed by atoms with Crippen LogP contribution < -0.4 is 5.32 Å². The number of hydrogen-bond donors (Lipinski definition) is 1. The Labute approximate surface area is 178 Å². The fraction of sp³-hybridized carbons (Fsp3) is 0.444. The van der Waals surface area contributed by atoms with Gasteiger partial charge in [0.2, 0.25) is 0 Å². The van der Waals surface area contributed by atoms with E-state index in [1.54, 1.807) is 30.0 Å². The van der Waals surface area contributed by atoms with E-state index in [0.29, 0.717) is 29.2 Å². The van der Waals surface area contributed by atoms with Crippen molar-refractivity contribution < 1.29 is 22.7 Å². The number of anilines is 1. The molecule has 0 saturated carbocycles. The molecule has 12 heteroatoms. The molecule has 1 N–H and O–H groups in total. The van der Waals surface area contributed by atoms with Gasteiger partial charge in [-0.05, 0) is 31.2 Å². The molecule has 2 aromatic rings. The molecule has 1 aliphatic rings. The number of imidazole rings is 1. The Kier molecular flexibility index (Phi) is 6.55. The maximum Gasteiger partial charge on any atom is 0.309 e. The summed E-state index contributed by atoms with van der Waals surface area (Å²) in [5.41, 5.74) is 0.344. The number of rotatable bonds is 6. The van der Waals surface area contributed by atoms with Crippen molar-refractivity contribution in [2.45, 2.75) is 24.8 Å². The van der Waals surface area contributed by atoms with Crippen LogP contribution in [0, 0.1) is 24.2 Å². The summed E-state index contributed by atoms with van der Waals surface area (Å²) in [5.74, 6) is -0.962. The van der Waals surface area contributed by atoms with Crippen molar-refractivity contribution >= 4 is 38.2 Å². The highest BCUT2D eigenvalue weighted by Crippen LogP contribution is 2.25. The molecule has 0 atom stereocenters. The number of nitrogens with zero attached hydrogens (tertiary/aromatic N) is 4. The lowest BCUT2D eigenvalue weighted by atomic mass is 9.98. The summed E-state index contributed by atoms with van der Waals surface area (Å²) in [6, 6.07) is 3.54. The predicted molar refractivity (Wildman–Crippen MR) is 108 cm³/mol. The fourth-order valence-electron chi connectivity index (χ4n) is 3.03. The molecule has 1 saturated heterocycles. The lowest BCUT2D eigenvalue weighted by Gasteiger charge is -2.29. The number of carbonyl (C=O) groups is 2. The minimum atomic E-state index is -3.71. The third-order valence-corrected chi connectivity index (χ3v) is 7.46. The molecule has 3 rings (SSSR count). The van der Waals surface area contributed by atoms with Gasteiger partial charge in [0, 0.05) is 26.3 Å². The third-order valence-electron chi connectivity index (χ3n) is 4.86. The molecule has 0 aromatic carbocycles. The maximum absolute atomic E-state index is 12.7. The number of nitriles is 1. The molecule has 1 fully saturated rings. The van der Waals surface area contributed by atoms with Gasteiger partial charge in [-0.3, -0.25) is 9.59 Å². The van der Waals surface area contributed by atoms with Crippen LogP contribution in [-0.2, 0) is 31.4 Å². The number of esters is 1. The van der Waals surface area contributed by atoms with E-state index in [1.165, 1.54) is 21.8 Å². The largest absolute Gasteiger partial charge is 0.455 e. The highest BCUT2D eigenvalue weighted by atomic mass is 32.2. The van der Waals surface area contributed by atoms with E-state index < -0.39 is 34.4 Å². The van der Waals surface area contributed by atoms with Crippen LogP contribution in [0.3, 0.4) is 0 Å².